The molecule has 2 nitrogen and oxygen atoms in total. The van der Waals surface area contributed by atoms with Gasteiger partial charge in [-0.25, -0.2) is 0 Å². The zero-order valence-electron chi connectivity index (χ0n) is 8.68. The van der Waals surface area contributed by atoms with Crippen molar-refractivity contribution in [2.75, 3.05) is 31.9 Å². The molecule has 1 N–H and O–H groups in total. The highest BCUT2D eigenvalue weighted by atomic mass is 32.2. The van der Waals surface area contributed by atoms with Gasteiger partial charge >= 0.3 is 0 Å². The third-order valence-electron chi connectivity index (χ3n) is 3.15. The van der Waals surface area contributed by atoms with Crippen LogP contribution < -0.4 is 5.32 Å². The summed E-state index contributed by atoms with van der Waals surface area (Å²) < 4.78 is 0.506. The molecule has 2 aliphatic heterocycles. The lowest BCUT2D eigenvalue weighted by atomic mass is 10.1. The van der Waals surface area contributed by atoms with Crippen LogP contribution in [0.15, 0.2) is 0 Å². The largest absolute Gasteiger partial charge is 0.314 e. The SMILES string of the molecule is CC1(C)CCN(C2CNC2)CCS1. The molecule has 0 bridgehead atoms. The van der Waals surface area contributed by atoms with Gasteiger partial charge in [0.15, 0.2) is 0 Å². The van der Waals surface area contributed by atoms with Gasteiger partial charge in [-0.05, 0) is 13.0 Å². The fourth-order valence-electron chi connectivity index (χ4n) is 1.93. The molecule has 0 aliphatic carbocycles. The first kappa shape index (κ1) is 9.81. The van der Waals surface area contributed by atoms with Crippen molar-refractivity contribution in [2.45, 2.75) is 31.1 Å². The Labute approximate surface area is 85.4 Å². The summed E-state index contributed by atoms with van der Waals surface area (Å²) in [6.07, 6.45) is 1.34. The van der Waals surface area contributed by atoms with E-state index < -0.39 is 0 Å². The van der Waals surface area contributed by atoms with Gasteiger partial charge in [0.2, 0.25) is 0 Å². The summed E-state index contributed by atoms with van der Waals surface area (Å²) in [4.78, 5) is 2.66. The van der Waals surface area contributed by atoms with Crippen molar-refractivity contribution >= 4 is 11.8 Å². The number of nitrogens with one attached hydrogen (secondary N) is 1. The molecule has 0 amide bonds. The van der Waals surface area contributed by atoms with Crippen LogP contribution in [0.1, 0.15) is 20.3 Å². The Morgan fingerprint density at radius 1 is 1.31 bits per heavy atom. The Morgan fingerprint density at radius 2 is 2.08 bits per heavy atom. The Balaban J connectivity index is 1.86. The first-order valence-electron chi connectivity index (χ1n) is 5.26. The van der Waals surface area contributed by atoms with Crippen LogP contribution in [-0.4, -0.2) is 47.6 Å². The summed E-state index contributed by atoms with van der Waals surface area (Å²) in [5.41, 5.74) is 0. The van der Waals surface area contributed by atoms with E-state index in [1.54, 1.807) is 0 Å². The molecule has 0 unspecified atom stereocenters. The first-order chi connectivity index (χ1) is 6.17. The monoisotopic (exact) mass is 200 g/mol. The van der Waals surface area contributed by atoms with E-state index in [9.17, 15) is 0 Å². The molecule has 0 atom stereocenters. The fourth-order valence-corrected chi connectivity index (χ4v) is 3.05. The van der Waals surface area contributed by atoms with Gasteiger partial charge in [-0.3, -0.25) is 4.90 Å². The maximum absolute atomic E-state index is 3.35. The van der Waals surface area contributed by atoms with Crippen LogP contribution >= 0.6 is 11.8 Å². The van der Waals surface area contributed by atoms with Crippen LogP contribution in [0.2, 0.25) is 0 Å². The molecule has 0 aromatic rings. The predicted molar refractivity (Wildman–Crippen MR) is 59.4 cm³/mol. The maximum Gasteiger partial charge on any atom is 0.0345 e. The molecule has 2 aliphatic rings. The summed E-state index contributed by atoms with van der Waals surface area (Å²) in [5, 5.41) is 3.35. The molecule has 0 aromatic heterocycles. The lowest BCUT2D eigenvalue weighted by molar-refractivity contribution is 0.152. The summed E-state index contributed by atoms with van der Waals surface area (Å²) in [6, 6.07) is 0.842. The van der Waals surface area contributed by atoms with Crippen molar-refractivity contribution in [1.29, 1.82) is 0 Å². The van der Waals surface area contributed by atoms with E-state index in [-0.39, 0.29) is 0 Å². The Morgan fingerprint density at radius 3 is 2.69 bits per heavy atom. The minimum atomic E-state index is 0.506. The van der Waals surface area contributed by atoms with Crippen molar-refractivity contribution < 1.29 is 0 Å². The Hall–Kier alpha value is 0.270. The Kier molecular flexibility index (Phi) is 2.86. The highest BCUT2D eigenvalue weighted by molar-refractivity contribution is 8.00. The zero-order chi connectivity index (χ0) is 9.31. The summed E-state index contributed by atoms with van der Waals surface area (Å²) >= 11 is 2.13. The van der Waals surface area contributed by atoms with Crippen LogP contribution in [0, 0.1) is 0 Å². The van der Waals surface area contributed by atoms with Crippen molar-refractivity contribution in [1.82, 2.24) is 10.2 Å². The highest BCUT2D eigenvalue weighted by Crippen LogP contribution is 2.31. The van der Waals surface area contributed by atoms with Crippen molar-refractivity contribution in [2.24, 2.45) is 0 Å². The summed E-state index contributed by atoms with van der Waals surface area (Å²) in [5.74, 6) is 1.31. The number of hydrogen-bond acceptors (Lipinski definition) is 3. The van der Waals surface area contributed by atoms with Crippen LogP contribution in [-0.2, 0) is 0 Å². The van der Waals surface area contributed by atoms with E-state index in [1.807, 2.05) is 0 Å². The number of hydrogen-bond donors (Lipinski definition) is 1. The summed E-state index contributed by atoms with van der Waals surface area (Å²) in [7, 11) is 0. The van der Waals surface area contributed by atoms with E-state index in [4.69, 9.17) is 0 Å². The van der Waals surface area contributed by atoms with Gasteiger partial charge in [-0.15, -0.1) is 0 Å². The molecular formula is C10H20N2S. The highest BCUT2D eigenvalue weighted by Gasteiger charge is 2.29. The third-order valence-corrected chi connectivity index (χ3v) is 4.52. The minimum absolute atomic E-state index is 0.506. The van der Waals surface area contributed by atoms with Gasteiger partial charge in [0.05, 0.1) is 0 Å². The molecule has 3 heteroatoms. The standard InChI is InChI=1S/C10H20N2S/c1-10(2)3-4-12(5-6-13-10)9-7-11-8-9/h9,11H,3-8H2,1-2H3. The predicted octanol–water partition coefficient (Wildman–Crippen LogP) is 1.18. The average molecular weight is 200 g/mol. The topological polar surface area (TPSA) is 15.3 Å². The maximum atomic E-state index is 3.35. The van der Waals surface area contributed by atoms with Gasteiger partial charge < -0.3 is 5.32 Å². The van der Waals surface area contributed by atoms with Crippen molar-refractivity contribution in [3.8, 4) is 0 Å². The van der Waals surface area contributed by atoms with Gasteiger partial charge in [0.1, 0.15) is 0 Å². The molecule has 0 aromatic carbocycles. The quantitative estimate of drug-likeness (QED) is 0.684. The fraction of sp³-hybridized carbons (Fsp3) is 1.00. The smallest absolute Gasteiger partial charge is 0.0345 e. The van der Waals surface area contributed by atoms with E-state index in [2.05, 4.69) is 35.8 Å². The average Bonchev–Trinajstić information content (AvgIpc) is 2.09. The molecule has 0 spiro atoms. The molecule has 0 saturated carbocycles. The second-order valence-corrected chi connectivity index (χ2v) is 6.51. The lowest BCUT2D eigenvalue weighted by Gasteiger charge is -2.37. The third kappa shape index (κ3) is 2.39. The lowest BCUT2D eigenvalue weighted by Crippen LogP contribution is -2.57. The Bertz CT molecular complexity index is 178. The molecule has 13 heavy (non-hydrogen) atoms. The van der Waals surface area contributed by atoms with E-state index in [0.29, 0.717) is 4.75 Å². The van der Waals surface area contributed by atoms with Crippen LogP contribution in [0.3, 0.4) is 0 Å². The molecule has 2 fully saturated rings. The summed E-state index contributed by atoms with van der Waals surface area (Å²) in [6.45, 7) is 9.77. The normalized spacial score (nSPS) is 30.9. The molecule has 2 rings (SSSR count). The van der Waals surface area contributed by atoms with Crippen molar-refractivity contribution in [3.63, 3.8) is 0 Å². The van der Waals surface area contributed by atoms with E-state index in [0.717, 1.165) is 6.04 Å². The number of rotatable bonds is 1. The van der Waals surface area contributed by atoms with Crippen molar-refractivity contribution in [3.05, 3.63) is 0 Å². The second kappa shape index (κ2) is 3.79. The first-order valence-corrected chi connectivity index (χ1v) is 6.25. The molecule has 76 valence electrons. The minimum Gasteiger partial charge on any atom is -0.314 e. The second-order valence-electron chi connectivity index (χ2n) is 4.71. The molecule has 2 heterocycles. The van der Waals surface area contributed by atoms with E-state index in [1.165, 1.54) is 38.4 Å². The van der Waals surface area contributed by atoms with Gasteiger partial charge in [-0.2, -0.15) is 11.8 Å². The molecular weight excluding hydrogens is 180 g/mol. The van der Waals surface area contributed by atoms with Crippen LogP contribution in [0.5, 0.6) is 0 Å². The van der Waals surface area contributed by atoms with Gasteiger partial charge in [0.25, 0.3) is 0 Å². The zero-order valence-corrected chi connectivity index (χ0v) is 9.49. The van der Waals surface area contributed by atoms with Gasteiger partial charge in [0, 0.05) is 36.2 Å². The molecule has 0 radical (unpaired) electrons. The van der Waals surface area contributed by atoms with Crippen LogP contribution in [0.25, 0.3) is 0 Å². The van der Waals surface area contributed by atoms with Gasteiger partial charge in [-0.1, -0.05) is 13.8 Å². The number of nitrogens with zero attached hydrogens (tertiary/aromatic N) is 1. The molecule has 2 saturated heterocycles. The number of thioether (sulfide) groups is 1. The van der Waals surface area contributed by atoms with Crippen LogP contribution in [0.4, 0.5) is 0 Å². The van der Waals surface area contributed by atoms with E-state index >= 15 is 0 Å².